The average molecular weight is 432 g/mol. The lowest BCUT2D eigenvalue weighted by atomic mass is 9.93. The van der Waals surface area contributed by atoms with E-state index in [0.717, 1.165) is 49.1 Å². The summed E-state index contributed by atoms with van der Waals surface area (Å²) in [6.45, 7) is 4.82. The molecule has 0 saturated carbocycles. The van der Waals surface area contributed by atoms with Crippen molar-refractivity contribution in [1.29, 1.82) is 0 Å². The minimum atomic E-state index is -0.248. The second-order valence-electron chi connectivity index (χ2n) is 9.27. The van der Waals surface area contributed by atoms with E-state index in [1.165, 1.54) is 11.3 Å². The van der Waals surface area contributed by atoms with E-state index in [4.69, 9.17) is 9.47 Å². The van der Waals surface area contributed by atoms with Gasteiger partial charge in [0.1, 0.15) is 5.60 Å². The van der Waals surface area contributed by atoms with Gasteiger partial charge in [0.2, 0.25) is 0 Å². The van der Waals surface area contributed by atoms with E-state index in [1.54, 1.807) is 0 Å². The van der Waals surface area contributed by atoms with Crippen LogP contribution in [0.3, 0.4) is 0 Å². The van der Waals surface area contributed by atoms with Crippen molar-refractivity contribution in [1.82, 2.24) is 15.1 Å². The van der Waals surface area contributed by atoms with Gasteiger partial charge in [-0.25, -0.2) is 0 Å². The van der Waals surface area contributed by atoms with Gasteiger partial charge in [-0.3, -0.25) is 9.48 Å². The van der Waals surface area contributed by atoms with Crippen LogP contribution in [0.4, 0.5) is 0 Å². The Hall–Kier alpha value is -3.28. The summed E-state index contributed by atoms with van der Waals surface area (Å²) >= 11 is 0. The molecule has 0 saturated heterocycles. The van der Waals surface area contributed by atoms with Gasteiger partial charge >= 0.3 is 0 Å². The summed E-state index contributed by atoms with van der Waals surface area (Å²) in [7, 11) is 0. The summed E-state index contributed by atoms with van der Waals surface area (Å²) in [5, 5.41) is 7.76. The van der Waals surface area contributed by atoms with Crippen LogP contribution in [0, 0.1) is 0 Å². The summed E-state index contributed by atoms with van der Waals surface area (Å²) in [6, 6.07) is 16.2. The van der Waals surface area contributed by atoms with Crippen molar-refractivity contribution in [3.63, 3.8) is 0 Å². The Morgan fingerprint density at radius 3 is 2.91 bits per heavy atom. The Labute approximate surface area is 188 Å². The highest BCUT2D eigenvalue weighted by Crippen LogP contribution is 2.41. The number of fused-ring (bicyclic) bond motifs is 2. The van der Waals surface area contributed by atoms with E-state index in [9.17, 15) is 4.79 Å². The fourth-order valence-corrected chi connectivity index (χ4v) is 4.74. The van der Waals surface area contributed by atoms with Crippen LogP contribution >= 0.6 is 0 Å². The molecule has 1 aromatic heterocycles. The van der Waals surface area contributed by atoms with Crippen LogP contribution in [0.1, 0.15) is 55.1 Å². The van der Waals surface area contributed by atoms with Gasteiger partial charge in [0.25, 0.3) is 5.91 Å². The quantitative estimate of drug-likeness (QED) is 0.635. The number of benzene rings is 2. The lowest BCUT2D eigenvalue weighted by Crippen LogP contribution is -2.34. The van der Waals surface area contributed by atoms with Crippen LogP contribution in [0.2, 0.25) is 0 Å². The van der Waals surface area contributed by atoms with Crippen molar-refractivity contribution < 1.29 is 14.3 Å². The number of hydrogen-bond acceptors (Lipinski definition) is 4. The van der Waals surface area contributed by atoms with Crippen molar-refractivity contribution in [2.45, 2.75) is 57.7 Å². The van der Waals surface area contributed by atoms with Gasteiger partial charge in [-0.2, -0.15) is 5.10 Å². The second-order valence-corrected chi connectivity index (χ2v) is 9.27. The zero-order valence-corrected chi connectivity index (χ0v) is 18.6. The standard InChI is InChI=1S/C26H29N3O3/c1-26(2)14-19-10-6-13-23(25(19)32-26)31-17-24(30)28-21-11-7-12-22-20(21)15-27-29(22)16-18-8-4-3-5-9-18/h3-6,8-10,13,15,21H,7,11-12,14,16-17H2,1-2H3,(H,28,30). The van der Waals surface area contributed by atoms with Gasteiger partial charge in [-0.15, -0.1) is 0 Å². The number of ether oxygens (including phenoxy) is 2. The van der Waals surface area contributed by atoms with Gasteiger partial charge in [-0.1, -0.05) is 42.5 Å². The third kappa shape index (κ3) is 4.22. The van der Waals surface area contributed by atoms with Crippen molar-refractivity contribution in [2.75, 3.05) is 6.61 Å². The number of carbonyl (C=O) groups excluding carboxylic acids is 1. The van der Waals surface area contributed by atoms with Crippen molar-refractivity contribution in [3.8, 4) is 11.5 Å². The Morgan fingerprint density at radius 2 is 2.06 bits per heavy atom. The number of para-hydroxylation sites is 1. The van der Waals surface area contributed by atoms with Gasteiger partial charge < -0.3 is 14.8 Å². The molecule has 1 aliphatic carbocycles. The SMILES string of the molecule is CC1(C)Cc2cccc(OCC(=O)NC3CCCc4c3cnn4Cc3ccccc3)c2O1. The van der Waals surface area contributed by atoms with E-state index < -0.39 is 0 Å². The molecule has 2 aliphatic rings. The highest BCUT2D eigenvalue weighted by atomic mass is 16.5. The first-order chi connectivity index (χ1) is 15.5. The van der Waals surface area contributed by atoms with Gasteiger partial charge in [0.05, 0.1) is 18.8 Å². The lowest BCUT2D eigenvalue weighted by Gasteiger charge is -2.24. The maximum atomic E-state index is 12.7. The maximum Gasteiger partial charge on any atom is 0.258 e. The molecule has 1 unspecified atom stereocenters. The second kappa shape index (κ2) is 8.34. The number of carbonyl (C=O) groups is 1. The van der Waals surface area contributed by atoms with Crippen LogP contribution in [0.25, 0.3) is 0 Å². The molecule has 5 rings (SSSR count). The lowest BCUT2D eigenvalue weighted by molar-refractivity contribution is -0.124. The molecule has 1 N–H and O–H groups in total. The van der Waals surface area contributed by atoms with Crippen molar-refractivity contribution in [2.24, 2.45) is 0 Å². The molecular formula is C26H29N3O3. The van der Waals surface area contributed by atoms with Crippen LogP contribution in [-0.4, -0.2) is 27.9 Å². The molecule has 166 valence electrons. The monoisotopic (exact) mass is 431 g/mol. The molecule has 1 amide bonds. The highest BCUT2D eigenvalue weighted by Gasteiger charge is 2.32. The third-order valence-corrected chi connectivity index (χ3v) is 6.19. The van der Waals surface area contributed by atoms with Crippen LogP contribution in [0.5, 0.6) is 11.5 Å². The van der Waals surface area contributed by atoms with Crippen LogP contribution in [0.15, 0.2) is 54.7 Å². The molecule has 2 aromatic carbocycles. The molecule has 0 spiro atoms. The van der Waals surface area contributed by atoms with Gasteiger partial charge in [0, 0.05) is 23.2 Å². The fraction of sp³-hybridized carbons (Fsp3) is 0.385. The third-order valence-electron chi connectivity index (χ3n) is 6.19. The minimum absolute atomic E-state index is 0.0314. The first kappa shape index (κ1) is 20.6. The normalized spacial score (nSPS) is 18.4. The summed E-state index contributed by atoms with van der Waals surface area (Å²) in [4.78, 5) is 12.7. The first-order valence-electron chi connectivity index (χ1n) is 11.3. The largest absolute Gasteiger partial charge is 0.483 e. The number of aromatic nitrogens is 2. The molecule has 3 aromatic rings. The fourth-order valence-electron chi connectivity index (χ4n) is 4.74. The summed E-state index contributed by atoms with van der Waals surface area (Å²) in [5.41, 5.74) is 4.42. The summed E-state index contributed by atoms with van der Waals surface area (Å²) in [6.07, 6.45) is 5.66. The molecule has 0 radical (unpaired) electrons. The predicted molar refractivity (Wildman–Crippen MR) is 122 cm³/mol. The summed E-state index contributed by atoms with van der Waals surface area (Å²) < 4.78 is 14.0. The van der Waals surface area contributed by atoms with Crippen LogP contribution < -0.4 is 14.8 Å². The Morgan fingerprint density at radius 1 is 1.22 bits per heavy atom. The highest BCUT2D eigenvalue weighted by molar-refractivity contribution is 5.78. The van der Waals surface area contributed by atoms with E-state index in [0.29, 0.717) is 5.75 Å². The molecule has 6 nitrogen and oxygen atoms in total. The van der Waals surface area contributed by atoms with E-state index >= 15 is 0 Å². The Balaban J connectivity index is 1.23. The number of nitrogens with one attached hydrogen (secondary N) is 1. The molecule has 2 heterocycles. The van der Waals surface area contributed by atoms with Gasteiger partial charge in [0.15, 0.2) is 18.1 Å². The maximum absolute atomic E-state index is 12.7. The number of hydrogen-bond donors (Lipinski definition) is 1. The van der Waals surface area contributed by atoms with Crippen LogP contribution in [-0.2, 0) is 24.2 Å². The van der Waals surface area contributed by atoms with Crippen molar-refractivity contribution in [3.05, 3.63) is 77.1 Å². The predicted octanol–water partition coefficient (Wildman–Crippen LogP) is 4.22. The molecule has 0 fully saturated rings. The van der Waals surface area contributed by atoms with Gasteiger partial charge in [-0.05, 0) is 44.7 Å². The topological polar surface area (TPSA) is 65.4 Å². The van der Waals surface area contributed by atoms with E-state index in [1.807, 2.05) is 42.6 Å². The van der Waals surface area contributed by atoms with E-state index in [-0.39, 0.29) is 24.2 Å². The summed E-state index contributed by atoms with van der Waals surface area (Å²) in [5.74, 6) is 1.25. The smallest absolute Gasteiger partial charge is 0.258 e. The first-order valence-corrected chi connectivity index (χ1v) is 11.3. The molecule has 1 aliphatic heterocycles. The average Bonchev–Trinajstić information content (AvgIpc) is 3.33. The molecular weight excluding hydrogens is 402 g/mol. The number of rotatable bonds is 6. The molecule has 0 bridgehead atoms. The minimum Gasteiger partial charge on any atom is -0.483 e. The Kier molecular flexibility index (Phi) is 5.37. The molecule has 6 heteroatoms. The van der Waals surface area contributed by atoms with E-state index in [2.05, 4.69) is 41.1 Å². The molecule has 32 heavy (non-hydrogen) atoms. The number of amides is 1. The Bertz CT molecular complexity index is 1120. The number of nitrogens with zero attached hydrogens (tertiary/aromatic N) is 2. The van der Waals surface area contributed by atoms with Crippen molar-refractivity contribution >= 4 is 5.91 Å². The zero-order chi connectivity index (χ0) is 22.1. The molecule has 1 atom stereocenters. The zero-order valence-electron chi connectivity index (χ0n) is 18.6.